The molecule has 0 bridgehead atoms. The number of hydrogen-bond acceptors (Lipinski definition) is 3. The Morgan fingerprint density at radius 3 is 2.28 bits per heavy atom. The van der Waals surface area contributed by atoms with E-state index in [1.54, 1.807) is 54.6 Å². The van der Waals surface area contributed by atoms with Gasteiger partial charge in [0.1, 0.15) is 0 Å². The first kappa shape index (κ1) is 20.6. The molecule has 0 spiro atoms. The van der Waals surface area contributed by atoms with E-state index in [2.05, 4.69) is 10.6 Å². The highest BCUT2D eigenvalue weighted by molar-refractivity contribution is 6.04. The van der Waals surface area contributed by atoms with Crippen LogP contribution in [0, 0.1) is 0 Å². The topological polar surface area (TPSA) is 95.5 Å². The maximum Gasteiger partial charge on any atom is 0.314 e. The van der Waals surface area contributed by atoms with Gasteiger partial charge in [0.25, 0.3) is 5.91 Å². The van der Waals surface area contributed by atoms with Gasteiger partial charge in [0.2, 0.25) is 5.91 Å². The highest BCUT2D eigenvalue weighted by atomic mass is 16.4. The van der Waals surface area contributed by atoms with Gasteiger partial charge in [-0.15, -0.1) is 0 Å². The van der Waals surface area contributed by atoms with Crippen LogP contribution in [0.25, 0.3) is 0 Å². The number of rotatable bonds is 7. The molecule has 29 heavy (non-hydrogen) atoms. The van der Waals surface area contributed by atoms with Crippen LogP contribution < -0.4 is 10.6 Å². The van der Waals surface area contributed by atoms with Crippen molar-refractivity contribution in [2.75, 3.05) is 5.32 Å². The van der Waals surface area contributed by atoms with Crippen LogP contribution in [0.15, 0.2) is 54.6 Å². The van der Waals surface area contributed by atoms with E-state index in [1.165, 1.54) is 6.92 Å². The van der Waals surface area contributed by atoms with Crippen molar-refractivity contribution >= 4 is 23.5 Å². The molecule has 0 aromatic heterocycles. The summed E-state index contributed by atoms with van der Waals surface area (Å²) in [4.78, 5) is 37.3. The van der Waals surface area contributed by atoms with Crippen molar-refractivity contribution in [1.82, 2.24) is 5.32 Å². The van der Waals surface area contributed by atoms with Gasteiger partial charge in [-0.1, -0.05) is 55.3 Å². The summed E-state index contributed by atoms with van der Waals surface area (Å²) in [6.45, 7) is 1.53. The van der Waals surface area contributed by atoms with E-state index in [-0.39, 0.29) is 18.4 Å². The van der Waals surface area contributed by atoms with Crippen LogP contribution in [0.3, 0.4) is 0 Å². The molecule has 0 unspecified atom stereocenters. The Bertz CT molecular complexity index is 891. The first-order valence-corrected chi connectivity index (χ1v) is 9.89. The molecule has 2 aromatic rings. The number of para-hydroxylation sites is 1. The smallest absolute Gasteiger partial charge is 0.314 e. The Balaban J connectivity index is 1.75. The van der Waals surface area contributed by atoms with Gasteiger partial charge in [-0.3, -0.25) is 14.4 Å². The minimum Gasteiger partial charge on any atom is -0.481 e. The maximum atomic E-state index is 12.7. The van der Waals surface area contributed by atoms with Crippen LogP contribution >= 0.6 is 0 Å². The van der Waals surface area contributed by atoms with Crippen molar-refractivity contribution in [3.05, 3.63) is 65.7 Å². The summed E-state index contributed by atoms with van der Waals surface area (Å²) in [7, 11) is 0. The zero-order valence-corrected chi connectivity index (χ0v) is 16.5. The number of anilines is 1. The second-order valence-electron chi connectivity index (χ2n) is 7.73. The summed E-state index contributed by atoms with van der Waals surface area (Å²) in [5.41, 5.74) is -0.0555. The van der Waals surface area contributed by atoms with E-state index in [0.29, 0.717) is 16.8 Å². The first-order chi connectivity index (χ1) is 13.9. The number of hydrogen-bond donors (Lipinski definition) is 3. The molecule has 1 fully saturated rings. The second-order valence-corrected chi connectivity index (χ2v) is 7.73. The van der Waals surface area contributed by atoms with Crippen LogP contribution in [0.1, 0.15) is 54.9 Å². The lowest BCUT2D eigenvalue weighted by atomic mass is 9.79. The average Bonchev–Trinajstić information content (AvgIpc) is 3.21. The number of carboxylic acid groups (broad SMARTS) is 1. The molecule has 0 heterocycles. The average molecular weight is 394 g/mol. The number of carbonyl (C=O) groups is 3. The molecule has 1 saturated carbocycles. The molecule has 0 radical (unpaired) electrons. The Labute approximate surface area is 170 Å². The number of aliphatic carboxylic acids is 1. The number of carbonyl (C=O) groups excluding carboxylic acids is 2. The van der Waals surface area contributed by atoms with Crippen LogP contribution in [0.2, 0.25) is 0 Å². The largest absolute Gasteiger partial charge is 0.481 e. The van der Waals surface area contributed by atoms with Crippen molar-refractivity contribution in [2.45, 2.75) is 50.5 Å². The van der Waals surface area contributed by atoms with E-state index < -0.39 is 17.3 Å². The van der Waals surface area contributed by atoms with E-state index in [9.17, 15) is 19.5 Å². The van der Waals surface area contributed by atoms with Crippen molar-refractivity contribution in [1.29, 1.82) is 0 Å². The third kappa shape index (κ3) is 4.83. The standard InChI is InChI=1S/C23H26N2O4/c1-23(22(28)29,16-9-3-2-4-10-16)15-20(26)25-19-14-8-7-13-18(19)21(27)24-17-11-5-6-12-17/h2-4,7-10,13-14,17H,5-6,11-12,15H2,1H3,(H,24,27)(H,25,26)(H,28,29)/t23-/m0/s1. The molecule has 6 nitrogen and oxygen atoms in total. The molecular formula is C23H26N2O4. The fourth-order valence-corrected chi connectivity index (χ4v) is 3.75. The summed E-state index contributed by atoms with van der Waals surface area (Å²) >= 11 is 0. The van der Waals surface area contributed by atoms with Crippen molar-refractivity contribution < 1.29 is 19.5 Å². The highest BCUT2D eigenvalue weighted by Crippen LogP contribution is 2.29. The van der Waals surface area contributed by atoms with Crippen LogP contribution in [0.5, 0.6) is 0 Å². The third-order valence-corrected chi connectivity index (χ3v) is 5.53. The first-order valence-electron chi connectivity index (χ1n) is 9.89. The fraction of sp³-hybridized carbons (Fsp3) is 0.348. The molecular weight excluding hydrogens is 368 g/mol. The number of carboxylic acids is 1. The maximum absolute atomic E-state index is 12.7. The number of nitrogens with one attached hydrogen (secondary N) is 2. The predicted molar refractivity (Wildman–Crippen MR) is 111 cm³/mol. The quantitative estimate of drug-likeness (QED) is 0.667. The molecule has 0 aliphatic heterocycles. The van der Waals surface area contributed by atoms with Crippen LogP contribution in [-0.2, 0) is 15.0 Å². The number of amides is 2. The van der Waals surface area contributed by atoms with Crippen LogP contribution in [0.4, 0.5) is 5.69 Å². The highest BCUT2D eigenvalue weighted by Gasteiger charge is 2.37. The van der Waals surface area contributed by atoms with E-state index >= 15 is 0 Å². The molecule has 2 amide bonds. The van der Waals surface area contributed by atoms with Gasteiger partial charge in [-0.05, 0) is 37.5 Å². The summed E-state index contributed by atoms with van der Waals surface area (Å²) in [5, 5.41) is 15.5. The van der Waals surface area contributed by atoms with E-state index in [0.717, 1.165) is 25.7 Å². The summed E-state index contributed by atoms with van der Waals surface area (Å²) in [6.07, 6.45) is 3.90. The van der Waals surface area contributed by atoms with Crippen molar-refractivity contribution in [3.8, 4) is 0 Å². The van der Waals surface area contributed by atoms with Gasteiger partial charge < -0.3 is 15.7 Å². The van der Waals surface area contributed by atoms with E-state index in [1.807, 2.05) is 0 Å². The summed E-state index contributed by atoms with van der Waals surface area (Å²) < 4.78 is 0. The lowest BCUT2D eigenvalue weighted by Crippen LogP contribution is -2.37. The zero-order chi connectivity index (χ0) is 20.9. The lowest BCUT2D eigenvalue weighted by molar-refractivity contribution is -0.145. The van der Waals surface area contributed by atoms with Gasteiger partial charge in [-0.2, -0.15) is 0 Å². The van der Waals surface area contributed by atoms with Gasteiger partial charge in [-0.25, -0.2) is 0 Å². The van der Waals surface area contributed by atoms with Crippen molar-refractivity contribution in [2.24, 2.45) is 0 Å². The molecule has 2 aromatic carbocycles. The SMILES string of the molecule is C[C@@](CC(=O)Nc1ccccc1C(=O)NC1CCCC1)(C(=O)O)c1ccccc1. The molecule has 3 rings (SSSR count). The van der Waals surface area contributed by atoms with Crippen LogP contribution in [-0.4, -0.2) is 28.9 Å². The Morgan fingerprint density at radius 1 is 1.00 bits per heavy atom. The molecule has 3 N–H and O–H groups in total. The molecule has 0 saturated heterocycles. The van der Waals surface area contributed by atoms with Gasteiger partial charge in [0.05, 0.1) is 16.7 Å². The molecule has 1 aliphatic carbocycles. The Morgan fingerprint density at radius 2 is 1.62 bits per heavy atom. The minimum absolute atomic E-state index is 0.166. The predicted octanol–water partition coefficient (Wildman–Crippen LogP) is 3.73. The lowest BCUT2D eigenvalue weighted by Gasteiger charge is -2.25. The third-order valence-electron chi connectivity index (χ3n) is 5.53. The normalized spacial score (nSPS) is 16.0. The Kier molecular flexibility index (Phi) is 6.32. The zero-order valence-electron chi connectivity index (χ0n) is 16.5. The summed E-state index contributed by atoms with van der Waals surface area (Å²) in [6, 6.07) is 15.6. The molecule has 6 heteroatoms. The molecule has 1 atom stereocenters. The van der Waals surface area contributed by atoms with Crippen molar-refractivity contribution in [3.63, 3.8) is 0 Å². The van der Waals surface area contributed by atoms with Gasteiger partial charge in [0, 0.05) is 12.5 Å². The number of benzene rings is 2. The Hall–Kier alpha value is -3.15. The fourth-order valence-electron chi connectivity index (χ4n) is 3.75. The van der Waals surface area contributed by atoms with E-state index in [4.69, 9.17) is 0 Å². The minimum atomic E-state index is -1.37. The molecule has 1 aliphatic rings. The van der Waals surface area contributed by atoms with Gasteiger partial charge >= 0.3 is 5.97 Å². The molecule has 152 valence electrons. The second kappa shape index (κ2) is 8.90. The summed E-state index contributed by atoms with van der Waals surface area (Å²) in [5.74, 6) is -1.76. The van der Waals surface area contributed by atoms with Gasteiger partial charge in [0.15, 0.2) is 0 Å². The monoisotopic (exact) mass is 394 g/mol.